The Bertz CT molecular complexity index is 1170. The van der Waals surface area contributed by atoms with Gasteiger partial charge in [-0.25, -0.2) is 9.13 Å². The Labute approximate surface area is 247 Å². The molecule has 0 aliphatic rings. The van der Waals surface area contributed by atoms with Gasteiger partial charge >= 0.3 is 39.3 Å². The normalized spacial score (nSPS) is 11.7. The van der Waals surface area contributed by atoms with E-state index in [9.17, 15) is 0 Å². The molecule has 3 aromatic rings. The fourth-order valence-corrected chi connectivity index (χ4v) is 4.45. The van der Waals surface area contributed by atoms with Gasteiger partial charge in [-0.05, 0) is 70.2 Å². The van der Waals surface area contributed by atoms with Gasteiger partial charge in [-0.3, -0.25) is 9.98 Å². The molecule has 1 heterocycles. The van der Waals surface area contributed by atoms with Crippen molar-refractivity contribution in [2.24, 2.45) is 17.0 Å². The third-order valence-corrected chi connectivity index (χ3v) is 5.86. The van der Waals surface area contributed by atoms with Crippen LogP contribution in [0.1, 0.15) is 53.1 Å². The molecule has 0 spiro atoms. The third-order valence-electron chi connectivity index (χ3n) is 5.86. The summed E-state index contributed by atoms with van der Waals surface area (Å²) in [4.78, 5) is 10.4. The monoisotopic (exact) mass is 724 g/mol. The molecule has 0 N–H and O–H groups in total. The van der Waals surface area contributed by atoms with E-state index in [0.29, 0.717) is 0 Å². The van der Waals surface area contributed by atoms with Crippen molar-refractivity contribution in [3.63, 3.8) is 0 Å². The van der Waals surface area contributed by atoms with Crippen molar-refractivity contribution in [2.75, 3.05) is 0 Å². The zero-order valence-electron chi connectivity index (χ0n) is 22.4. The molecule has 0 saturated carbocycles. The summed E-state index contributed by atoms with van der Waals surface area (Å²) in [5.74, 6) is 0. The Morgan fingerprint density at radius 2 is 1.25 bits per heavy atom. The van der Waals surface area contributed by atoms with Crippen molar-refractivity contribution in [3.05, 3.63) is 76.4 Å². The van der Waals surface area contributed by atoms with E-state index in [0.717, 1.165) is 42.2 Å². The van der Waals surface area contributed by atoms with Crippen molar-refractivity contribution in [3.8, 4) is 0 Å². The quantitative estimate of drug-likeness (QED) is 0.182. The van der Waals surface area contributed by atoms with Gasteiger partial charge in [-0.15, -0.1) is 0 Å². The van der Waals surface area contributed by atoms with Crippen LogP contribution in [0.2, 0.25) is 0 Å². The van der Waals surface area contributed by atoms with Crippen LogP contribution in [0, 0.1) is 41.5 Å². The average molecular weight is 728 g/mol. The van der Waals surface area contributed by atoms with E-state index in [1.54, 1.807) is 0 Å². The molecule has 0 fully saturated rings. The summed E-state index contributed by atoms with van der Waals surface area (Å²) >= 11 is 6.00. The molecule has 0 amide bonds. The molecule has 1 aromatic heterocycles. The Hall–Kier alpha value is -1.08. The van der Waals surface area contributed by atoms with E-state index < -0.39 is 0 Å². The van der Waals surface area contributed by atoms with E-state index in [1.165, 1.54) is 44.3 Å². The van der Waals surface area contributed by atoms with Crippen molar-refractivity contribution >= 4 is 51.2 Å². The molecule has 4 nitrogen and oxygen atoms in total. The minimum absolute atomic E-state index is 0. The zero-order valence-corrected chi connectivity index (χ0v) is 28.1. The van der Waals surface area contributed by atoms with Gasteiger partial charge in [0.15, 0.2) is 0 Å². The summed E-state index contributed by atoms with van der Waals surface area (Å²) in [6.07, 6.45) is 7.96. The summed E-state index contributed by atoms with van der Waals surface area (Å²) in [7, 11) is 3.30. The molecule has 2 aromatic carbocycles. The number of rotatable bonds is 7. The Kier molecular flexibility index (Phi) is 14.7. The number of aliphatic imine (C=N–C) groups is 2. The van der Waals surface area contributed by atoms with Gasteiger partial charge in [-0.1, -0.05) is 42.3 Å². The Balaban J connectivity index is 0.00000154. The van der Waals surface area contributed by atoms with Gasteiger partial charge in [-0.2, -0.15) is 0 Å². The topological polar surface area (TPSA) is 33.5 Å². The second-order valence-electron chi connectivity index (χ2n) is 9.08. The number of hydrogen-bond donors (Lipinski definition) is 0. The molecule has 3 rings (SSSR count). The maximum absolute atomic E-state index is 5.23. The molecule has 0 unspecified atom stereocenters. The molecule has 8 heteroatoms. The standard InChI is InChI=1S/C28H37N4.3BrH.Ni/c1-9-25(29-27-21(4)14-19(2)15-22(27)5)26(10-11-32-13-12-31(8)18-32)30-28-23(6)16-20(3)17-24(28)7;;;;/h12-18H,9-11H2,1-8H3;3*1H;/q+1;;;;+2/p-3. The molecule has 0 radical (unpaired) electrons. The van der Waals surface area contributed by atoms with Gasteiger partial charge in [0.25, 0.3) is 0 Å². The summed E-state index contributed by atoms with van der Waals surface area (Å²) in [6.45, 7) is 15.9. The molecule has 36 heavy (non-hydrogen) atoms. The van der Waals surface area contributed by atoms with Crippen LogP contribution < -0.4 is 21.5 Å². The fourth-order valence-electron chi connectivity index (χ4n) is 4.45. The number of imidazole rings is 1. The van der Waals surface area contributed by atoms with Crippen LogP contribution in [-0.4, -0.2) is 16.0 Å². The van der Waals surface area contributed by atoms with Crippen LogP contribution in [0.5, 0.6) is 0 Å². The second kappa shape index (κ2) is 16.0. The molecule has 0 aliphatic heterocycles. The van der Waals surface area contributed by atoms with E-state index >= 15 is 0 Å². The van der Waals surface area contributed by atoms with Crippen molar-refractivity contribution in [2.45, 2.75) is 67.9 Å². The van der Waals surface area contributed by atoms with Crippen molar-refractivity contribution in [1.82, 2.24) is 4.57 Å². The number of aromatic nitrogens is 2. The molecule has 0 bridgehead atoms. The van der Waals surface area contributed by atoms with Gasteiger partial charge in [0.05, 0.1) is 36.4 Å². The van der Waals surface area contributed by atoms with Crippen LogP contribution >= 0.6 is 28.5 Å². The van der Waals surface area contributed by atoms with Crippen LogP contribution in [0.4, 0.5) is 11.4 Å². The Morgan fingerprint density at radius 1 is 0.833 bits per heavy atom. The molecule has 0 atom stereocenters. The number of hydrogen-bond acceptors (Lipinski definition) is 2. The van der Waals surface area contributed by atoms with Crippen molar-refractivity contribution < 1.29 is 32.4 Å². The molecular formula is C28H37Br3N4Ni. The summed E-state index contributed by atoms with van der Waals surface area (Å²) < 4.78 is 4.28. The molecule has 200 valence electrons. The number of aryl methyl sites for hydroxylation is 8. The average Bonchev–Trinajstić information content (AvgIpc) is 3.18. The summed E-state index contributed by atoms with van der Waals surface area (Å²) in [5.41, 5.74) is 11.7. The minimum atomic E-state index is 0. The SMILES string of the molecule is CCC(=Nc1c(C)cc(C)cc1C)C(CCn1cc[n+](C)c1)=Nc1c(C)cc(C)cc1C.[Br-].[Br][Ni][Br]. The molecule has 0 saturated heterocycles. The van der Waals surface area contributed by atoms with Gasteiger partial charge in [0, 0.05) is 6.42 Å². The van der Waals surface area contributed by atoms with Crippen LogP contribution in [0.15, 0.2) is 53.0 Å². The van der Waals surface area contributed by atoms with Crippen LogP contribution in [0.25, 0.3) is 0 Å². The Morgan fingerprint density at radius 3 is 1.61 bits per heavy atom. The first-order chi connectivity index (χ1) is 16.6. The number of halogens is 3. The number of benzene rings is 2. The van der Waals surface area contributed by atoms with Gasteiger partial charge in [0.1, 0.15) is 12.4 Å². The second-order valence-corrected chi connectivity index (χ2v) is 14.1. The van der Waals surface area contributed by atoms with E-state index in [2.05, 4.69) is 129 Å². The van der Waals surface area contributed by atoms with E-state index in [1.807, 2.05) is 7.05 Å². The third kappa shape index (κ3) is 9.66. The maximum atomic E-state index is 5.23. The van der Waals surface area contributed by atoms with Crippen LogP contribution in [0.3, 0.4) is 0 Å². The van der Waals surface area contributed by atoms with Gasteiger partial charge < -0.3 is 17.0 Å². The number of nitrogens with zero attached hydrogens (tertiary/aromatic N) is 4. The molecule has 0 aliphatic carbocycles. The zero-order chi connectivity index (χ0) is 26.1. The predicted octanol–water partition coefficient (Wildman–Crippen LogP) is 5.20. The summed E-state index contributed by atoms with van der Waals surface area (Å²) in [5, 5.41) is 0. The van der Waals surface area contributed by atoms with Crippen LogP contribution in [-0.2, 0) is 24.5 Å². The molecular weight excluding hydrogens is 691 g/mol. The first kappa shape index (κ1) is 33.0. The fraction of sp³-hybridized carbons (Fsp3) is 0.393. The predicted molar refractivity (Wildman–Crippen MR) is 154 cm³/mol. The van der Waals surface area contributed by atoms with E-state index in [4.69, 9.17) is 9.98 Å². The van der Waals surface area contributed by atoms with E-state index in [-0.39, 0.29) is 17.0 Å². The first-order valence-electron chi connectivity index (χ1n) is 11.7. The summed E-state index contributed by atoms with van der Waals surface area (Å²) in [6, 6.07) is 8.85. The van der Waals surface area contributed by atoms with Crippen molar-refractivity contribution in [1.29, 1.82) is 0 Å². The van der Waals surface area contributed by atoms with Gasteiger partial charge in [0.2, 0.25) is 6.33 Å². The first-order valence-corrected chi connectivity index (χ1v) is 16.6.